The molecule has 21 aliphatic rings. The van der Waals surface area contributed by atoms with Crippen molar-refractivity contribution in [2.75, 3.05) is 26.4 Å². The van der Waals surface area contributed by atoms with Crippen molar-refractivity contribution in [1.82, 2.24) is 10.2 Å². The lowest BCUT2D eigenvalue weighted by atomic mass is 9.27. The second kappa shape index (κ2) is 18.4. The third kappa shape index (κ3) is 5.91. The Bertz CT molecular complexity index is 4100. The Morgan fingerprint density at radius 3 is 2.71 bits per heavy atom. The molecule has 32 unspecified atom stereocenters. The number of nitrogens with zero attached hydrogens (tertiary/aromatic N) is 1. The summed E-state index contributed by atoms with van der Waals surface area (Å²) in [5.74, 6) is 7.51. The first-order valence-corrected chi connectivity index (χ1v) is 38.2. The first-order valence-electron chi connectivity index (χ1n) is 38.2. The number of benzene rings is 1. The molecule has 500 valence electrons. The second-order valence-electron chi connectivity index (χ2n) is 36.3. The van der Waals surface area contributed by atoms with E-state index in [-0.39, 0.29) is 89.4 Å². The highest BCUT2D eigenvalue weighted by Gasteiger charge is 3.03. The van der Waals surface area contributed by atoms with Gasteiger partial charge in [0.05, 0.1) is 49.0 Å². The molecule has 0 radical (unpaired) electrons. The number of rotatable bonds is 8. The maximum Gasteiger partial charge on any atom is 0.339 e. The van der Waals surface area contributed by atoms with Crippen LogP contribution in [0.1, 0.15) is 133 Å². The number of furan rings is 1. The molecule has 5 saturated heterocycles. The van der Waals surface area contributed by atoms with Gasteiger partial charge in [-0.05, 0) is 220 Å². The summed E-state index contributed by atoms with van der Waals surface area (Å²) in [6.07, 6.45) is 38.3. The van der Waals surface area contributed by atoms with Crippen molar-refractivity contribution >= 4 is 17.7 Å². The van der Waals surface area contributed by atoms with Crippen LogP contribution in [0.3, 0.4) is 0 Å². The summed E-state index contributed by atoms with van der Waals surface area (Å²) < 4.78 is 39.0. The van der Waals surface area contributed by atoms with Crippen LogP contribution >= 0.6 is 0 Å². The summed E-state index contributed by atoms with van der Waals surface area (Å²) in [6, 6.07) is 13.2. The first kappa shape index (κ1) is 57.4. The second-order valence-corrected chi connectivity index (χ2v) is 36.3. The highest BCUT2D eigenvalue weighted by atomic mass is 16.7. The van der Waals surface area contributed by atoms with Crippen LogP contribution in [0.15, 0.2) is 119 Å². The van der Waals surface area contributed by atoms with Gasteiger partial charge < -0.3 is 43.6 Å². The number of aliphatic hydroxyl groups is 3. The van der Waals surface area contributed by atoms with Crippen molar-refractivity contribution in [3.8, 4) is 11.8 Å². The molecule has 12 bridgehead atoms. The number of hydrogen-bond acceptors (Lipinski definition) is 13. The lowest BCUT2D eigenvalue weighted by Gasteiger charge is -2.74. The van der Waals surface area contributed by atoms with E-state index in [1.54, 1.807) is 6.26 Å². The van der Waals surface area contributed by atoms with E-state index >= 15 is 19.5 Å². The number of aliphatic hydroxyl groups excluding tert-OH is 3. The van der Waals surface area contributed by atoms with E-state index in [2.05, 4.69) is 120 Å². The zero-order valence-electron chi connectivity index (χ0n) is 55.3. The van der Waals surface area contributed by atoms with Crippen molar-refractivity contribution in [3.63, 3.8) is 0 Å². The van der Waals surface area contributed by atoms with E-state index in [9.17, 15) is 14.9 Å². The summed E-state index contributed by atoms with van der Waals surface area (Å²) in [5, 5.41) is 42.5. The minimum absolute atomic E-state index is 0.0101. The minimum Gasteiger partial charge on any atom is -0.469 e. The maximum absolute atomic E-state index is 18.6. The van der Waals surface area contributed by atoms with E-state index in [1.807, 2.05) is 6.07 Å². The Hall–Kier alpha value is -5.33. The summed E-state index contributed by atoms with van der Waals surface area (Å²) in [6.45, 7) is 3.73. The summed E-state index contributed by atoms with van der Waals surface area (Å²) in [4.78, 5) is 54.3. The van der Waals surface area contributed by atoms with Crippen molar-refractivity contribution in [2.24, 2.45) is 139 Å². The lowest BCUT2D eigenvalue weighted by molar-refractivity contribution is -0.320. The molecule has 96 heavy (non-hydrogen) atoms. The first-order chi connectivity index (χ1) is 46.7. The number of fused-ring (bicyclic) bond motifs is 8. The molecule has 14 fully saturated rings. The average Bonchev–Trinajstić information content (AvgIpc) is 1.40. The number of carbonyl (C=O) groups excluding carboxylic acids is 3. The fourth-order valence-electron chi connectivity index (χ4n) is 32.1. The highest BCUT2D eigenvalue weighted by molar-refractivity contribution is 5.96. The molecule has 13 nitrogen and oxygen atoms in total. The zero-order chi connectivity index (χ0) is 63.8. The molecule has 9 saturated carbocycles. The standard InChI is InChI=1S/C83H92N2O11/c1-74-38-52-39-75-37-46-20-26-78(75)73(91)93-42-77-68(52)80(70(89)67(88)69(77)81-53-17-14-49-16-19-59-56-11-5-9-47(56)21-25-76(59,61(49)34-53)66(81)35-55(33-54(75)30-46)82(77,78)96-81)62-31-45(29-44-7-3-2-4-8-44)12-13-48(62)10-6-24-79(74,95-72(90)71-83(74,80)94-71)60-23-28-92-65(60)36-58(64(87)41-86)50-15-18-57-51(32-50)22-27-85-43-84-40-63(57)85/h2-4,7-8,14,16-17,20-23,25-28,35,45-48,50-54,56-59,61-64,66,68-71,84,86-87,89H,5,9,11-13,15,18-19,24,29-34,36-43H2,1H3. The Labute approximate surface area is 562 Å². The third-order valence-electron chi connectivity index (χ3n) is 34.4. The fourth-order valence-corrected chi connectivity index (χ4v) is 32.1. The number of Topliss-reactive ketones (excluding diaryl/α,β-unsaturated/α-hetero) is 1. The van der Waals surface area contributed by atoms with E-state index < -0.39 is 98.1 Å². The molecule has 8 spiro atoms. The molecule has 1 aromatic carbocycles. The zero-order valence-corrected chi connectivity index (χ0v) is 55.3. The van der Waals surface area contributed by atoms with Gasteiger partial charge in [0.25, 0.3) is 0 Å². The Morgan fingerprint density at radius 2 is 1.81 bits per heavy atom. The number of cyclic esters (lactones) is 1. The normalized spacial score (nSPS) is 55.6. The SMILES string of the molecule is CC12CC3CC45CC6C=CC47C(=O)OCC48C(C(=O)C(O)C9(C%10CC(Cc%11ccccc%11)CCC%10C#CCC1(c1ccoc1CC(C(O)CO)C1CCC%10C(C=CN%11CNCC%10%11)C1)OC(=O)C1OC192)C34)C12OC87C(=CC1C13C=CC4CCCC4C1CC=C1C=CC2CC13)CC5C6. The quantitative estimate of drug-likeness (QED) is 0.0850. The third-order valence-corrected chi connectivity index (χ3v) is 34.4. The molecule has 14 aliphatic carbocycles. The molecule has 32 atom stereocenters. The number of ketones is 1. The van der Waals surface area contributed by atoms with E-state index in [0.29, 0.717) is 72.6 Å². The van der Waals surface area contributed by atoms with Crippen LogP contribution in [0, 0.1) is 151 Å². The predicted molar refractivity (Wildman–Crippen MR) is 350 cm³/mol. The summed E-state index contributed by atoms with van der Waals surface area (Å²) in [7, 11) is 0. The molecule has 2 aromatic rings. The van der Waals surface area contributed by atoms with Crippen LogP contribution < -0.4 is 5.32 Å². The maximum atomic E-state index is 18.6. The molecule has 7 aliphatic heterocycles. The number of allylic oxidation sites excluding steroid dienone is 7. The highest BCUT2D eigenvalue weighted by Crippen LogP contribution is 2.95. The molecule has 23 rings (SSSR count). The average molecular weight is 1290 g/mol. The molecule has 4 N–H and O–H groups in total. The molecule has 8 heterocycles. The van der Waals surface area contributed by atoms with Crippen molar-refractivity contribution in [1.29, 1.82) is 0 Å². The van der Waals surface area contributed by atoms with Gasteiger partial charge in [-0.2, -0.15) is 0 Å². The topological polar surface area (TPSA) is 181 Å². The number of ether oxygens (including phenoxy) is 4. The molecule has 1 aromatic heterocycles. The fraction of sp³-hybridized carbons (Fsp3) is 0.675. The summed E-state index contributed by atoms with van der Waals surface area (Å²) >= 11 is 0. The van der Waals surface area contributed by atoms with Gasteiger partial charge >= 0.3 is 11.9 Å². The van der Waals surface area contributed by atoms with Crippen LogP contribution in [0.4, 0.5) is 0 Å². The van der Waals surface area contributed by atoms with Crippen LogP contribution in [0.5, 0.6) is 0 Å². The molecular formula is C83H92N2O11. The van der Waals surface area contributed by atoms with Gasteiger partial charge in [0.15, 0.2) is 17.5 Å². The van der Waals surface area contributed by atoms with Crippen LogP contribution in [0.2, 0.25) is 0 Å². The number of hydrogen-bond donors (Lipinski definition) is 4. The molecular weight excluding hydrogens is 1200 g/mol. The Morgan fingerprint density at radius 1 is 0.906 bits per heavy atom. The smallest absolute Gasteiger partial charge is 0.339 e. The van der Waals surface area contributed by atoms with Crippen LogP contribution in [-0.2, 0) is 51.8 Å². The number of carbonyl (C=O) groups is 3. The monoisotopic (exact) mass is 1290 g/mol. The Kier molecular flexibility index (Phi) is 11.0. The van der Waals surface area contributed by atoms with E-state index in [1.165, 1.54) is 36.0 Å². The van der Waals surface area contributed by atoms with Crippen LogP contribution in [-0.4, -0.2) is 106 Å². The van der Waals surface area contributed by atoms with Gasteiger partial charge in [0.1, 0.15) is 35.1 Å². The minimum atomic E-state index is -1.62. The Balaban J connectivity index is 0.771. The van der Waals surface area contributed by atoms with Gasteiger partial charge in [0.2, 0.25) is 0 Å². The number of esters is 2. The van der Waals surface area contributed by atoms with Crippen molar-refractivity contribution in [2.45, 2.75) is 176 Å². The van der Waals surface area contributed by atoms with Gasteiger partial charge in [-0.25, -0.2) is 4.79 Å². The van der Waals surface area contributed by atoms with Gasteiger partial charge in [0, 0.05) is 58.6 Å². The van der Waals surface area contributed by atoms with Crippen LogP contribution in [0.25, 0.3) is 0 Å². The van der Waals surface area contributed by atoms with Gasteiger partial charge in [-0.1, -0.05) is 110 Å². The van der Waals surface area contributed by atoms with E-state index in [0.717, 1.165) is 83.8 Å². The van der Waals surface area contributed by atoms with Gasteiger partial charge in [-0.3, -0.25) is 14.9 Å². The number of epoxide rings is 1. The molecule has 13 heteroatoms. The molecule has 0 amide bonds. The summed E-state index contributed by atoms with van der Waals surface area (Å²) in [5.41, 5.74) is -7.00. The predicted octanol–water partition coefficient (Wildman–Crippen LogP) is 10.5. The number of nitrogens with one attached hydrogen (secondary N) is 1. The van der Waals surface area contributed by atoms with Crippen molar-refractivity contribution < 1.29 is 53.1 Å². The van der Waals surface area contributed by atoms with Crippen molar-refractivity contribution in [3.05, 3.63) is 132 Å². The van der Waals surface area contributed by atoms with Gasteiger partial charge in [-0.15, -0.1) is 0 Å². The van der Waals surface area contributed by atoms with E-state index in [4.69, 9.17) is 18.6 Å². The lowest BCUT2D eigenvalue weighted by Crippen LogP contribution is -2.85. The largest absolute Gasteiger partial charge is 0.469 e.